The molecule has 1 aromatic heterocycles. The smallest absolute Gasteiger partial charge is 0.418 e. The number of halogens is 4. The minimum Gasteiger partial charge on any atom is -0.489 e. The third-order valence-corrected chi connectivity index (χ3v) is 7.08. The highest BCUT2D eigenvalue weighted by Gasteiger charge is 2.33. The number of aromatic nitrogens is 1. The second kappa shape index (κ2) is 13.3. The first-order valence-corrected chi connectivity index (χ1v) is 13.8. The number of fused-ring (bicyclic) bond motifs is 1. The third kappa shape index (κ3) is 7.52. The van der Waals surface area contributed by atoms with Crippen LogP contribution < -0.4 is 4.74 Å². The number of carbonyl (C=O) groups is 1. The van der Waals surface area contributed by atoms with Crippen LogP contribution >= 0.6 is 11.6 Å². The molecular weight excluding hydrogens is 579 g/mol. The number of para-hydroxylation sites is 1. The predicted molar refractivity (Wildman–Crippen MR) is 159 cm³/mol. The van der Waals surface area contributed by atoms with E-state index in [-0.39, 0.29) is 25.3 Å². The summed E-state index contributed by atoms with van der Waals surface area (Å²) in [5.74, 6) is 0.103. The average molecular weight is 606 g/mol. The minimum atomic E-state index is -4.55. The van der Waals surface area contributed by atoms with Crippen molar-refractivity contribution in [1.29, 1.82) is 0 Å². The van der Waals surface area contributed by atoms with Gasteiger partial charge in [-0.05, 0) is 70.1 Å². The summed E-state index contributed by atoms with van der Waals surface area (Å²) in [5.41, 5.74) is 3.94. The zero-order chi connectivity index (χ0) is 30.4. The molecule has 5 aromatic rings. The van der Waals surface area contributed by atoms with Gasteiger partial charge in [0.1, 0.15) is 19.0 Å². The summed E-state index contributed by atoms with van der Waals surface area (Å²) < 4.78 is 57.8. The second-order valence-corrected chi connectivity index (χ2v) is 10.3. The Kier molecular flexibility index (Phi) is 9.28. The number of nitrogens with zero attached hydrogens (tertiary/aromatic N) is 1. The SMILES string of the molecule is COC(=O)COCc1cccc(COc2cccc(-c3c(Cc4ccc(Cl)cc4)cnc4c(C(F)(F)F)cccc34)c2)c1. The number of ether oxygens (including phenoxy) is 3. The average Bonchev–Trinajstić information content (AvgIpc) is 3.00. The van der Waals surface area contributed by atoms with Crippen molar-refractivity contribution in [2.45, 2.75) is 25.8 Å². The highest BCUT2D eigenvalue weighted by Crippen LogP contribution is 2.39. The van der Waals surface area contributed by atoms with Crippen LogP contribution in [0.3, 0.4) is 0 Å². The van der Waals surface area contributed by atoms with Crippen LogP contribution in [0.1, 0.15) is 27.8 Å². The van der Waals surface area contributed by atoms with Gasteiger partial charge in [-0.25, -0.2) is 4.79 Å². The summed E-state index contributed by atoms with van der Waals surface area (Å²) in [7, 11) is 1.30. The lowest BCUT2D eigenvalue weighted by molar-refractivity contribution is -0.146. The molecule has 0 atom stereocenters. The lowest BCUT2D eigenvalue weighted by Gasteiger charge is -2.17. The normalized spacial score (nSPS) is 11.5. The Hall–Kier alpha value is -4.40. The highest BCUT2D eigenvalue weighted by molar-refractivity contribution is 6.30. The number of esters is 1. The maximum Gasteiger partial charge on any atom is 0.418 e. The van der Waals surface area contributed by atoms with E-state index < -0.39 is 17.7 Å². The van der Waals surface area contributed by atoms with Gasteiger partial charge < -0.3 is 14.2 Å². The third-order valence-electron chi connectivity index (χ3n) is 6.83. The summed E-state index contributed by atoms with van der Waals surface area (Å²) in [6, 6.07) is 26.3. The lowest BCUT2D eigenvalue weighted by atomic mass is 9.92. The van der Waals surface area contributed by atoms with E-state index in [0.29, 0.717) is 33.7 Å². The Labute approximate surface area is 251 Å². The molecule has 0 aliphatic heterocycles. The molecule has 220 valence electrons. The van der Waals surface area contributed by atoms with Gasteiger partial charge in [-0.2, -0.15) is 13.2 Å². The molecule has 0 spiro atoms. The van der Waals surface area contributed by atoms with Crippen LogP contribution in [0.2, 0.25) is 5.02 Å². The molecule has 43 heavy (non-hydrogen) atoms. The molecule has 0 saturated carbocycles. The van der Waals surface area contributed by atoms with Crippen LogP contribution in [0.25, 0.3) is 22.0 Å². The van der Waals surface area contributed by atoms with Gasteiger partial charge >= 0.3 is 12.1 Å². The molecule has 1 heterocycles. The van der Waals surface area contributed by atoms with E-state index in [4.69, 9.17) is 21.1 Å². The molecule has 4 aromatic carbocycles. The van der Waals surface area contributed by atoms with Crippen LogP contribution in [-0.2, 0) is 40.1 Å². The molecule has 9 heteroatoms. The first kappa shape index (κ1) is 30.1. The summed E-state index contributed by atoms with van der Waals surface area (Å²) in [6.07, 6.45) is -2.59. The largest absolute Gasteiger partial charge is 0.489 e. The Morgan fingerprint density at radius 1 is 0.860 bits per heavy atom. The van der Waals surface area contributed by atoms with Gasteiger partial charge in [0.2, 0.25) is 0 Å². The van der Waals surface area contributed by atoms with Crippen molar-refractivity contribution in [3.8, 4) is 16.9 Å². The van der Waals surface area contributed by atoms with E-state index in [1.54, 1.807) is 24.3 Å². The fraction of sp³-hybridized carbons (Fsp3) is 0.176. The molecule has 0 amide bonds. The van der Waals surface area contributed by atoms with Crippen LogP contribution in [0, 0.1) is 0 Å². The number of pyridine rings is 1. The van der Waals surface area contributed by atoms with E-state index in [1.807, 2.05) is 54.6 Å². The number of carbonyl (C=O) groups excluding carboxylic acids is 1. The Bertz CT molecular complexity index is 1740. The molecule has 0 unspecified atom stereocenters. The molecule has 5 rings (SSSR count). The summed E-state index contributed by atoms with van der Waals surface area (Å²) >= 11 is 6.06. The Balaban J connectivity index is 1.45. The first-order valence-electron chi connectivity index (χ1n) is 13.4. The Morgan fingerprint density at radius 3 is 2.33 bits per heavy atom. The van der Waals surface area contributed by atoms with Gasteiger partial charge in [0, 0.05) is 16.6 Å². The van der Waals surface area contributed by atoms with E-state index >= 15 is 0 Å². The van der Waals surface area contributed by atoms with Crippen LogP contribution in [-0.4, -0.2) is 24.7 Å². The zero-order valence-corrected chi connectivity index (χ0v) is 23.9. The van der Waals surface area contributed by atoms with Gasteiger partial charge in [-0.3, -0.25) is 4.98 Å². The van der Waals surface area contributed by atoms with Crippen molar-refractivity contribution in [2.75, 3.05) is 13.7 Å². The molecule has 0 N–H and O–H groups in total. The standard InChI is InChI=1S/C34H27ClF3NO4/c1-41-31(40)21-42-19-23-5-2-6-24(15-23)20-43-28-8-3-7-25(17-28)32-26(16-22-11-13-27(35)14-12-22)18-39-33-29(32)9-4-10-30(33)34(36,37)38/h2-15,17-18H,16,19-21H2,1H3. The lowest BCUT2D eigenvalue weighted by Crippen LogP contribution is -2.10. The minimum absolute atomic E-state index is 0.109. The van der Waals surface area contributed by atoms with E-state index in [9.17, 15) is 18.0 Å². The van der Waals surface area contributed by atoms with Gasteiger partial charge in [0.25, 0.3) is 0 Å². The number of hydrogen-bond acceptors (Lipinski definition) is 5. The van der Waals surface area contributed by atoms with Gasteiger partial charge in [0.05, 0.1) is 24.8 Å². The highest BCUT2D eigenvalue weighted by atomic mass is 35.5. The summed E-state index contributed by atoms with van der Waals surface area (Å²) in [6.45, 7) is 0.350. The zero-order valence-electron chi connectivity index (χ0n) is 23.2. The molecule has 0 aliphatic rings. The number of benzene rings is 4. The van der Waals surface area contributed by atoms with Crippen molar-refractivity contribution in [3.05, 3.63) is 130 Å². The van der Waals surface area contributed by atoms with Crippen molar-refractivity contribution >= 4 is 28.5 Å². The Morgan fingerprint density at radius 2 is 1.58 bits per heavy atom. The second-order valence-electron chi connectivity index (χ2n) is 9.87. The predicted octanol–water partition coefficient (Wildman–Crippen LogP) is 8.43. The summed E-state index contributed by atoms with van der Waals surface area (Å²) in [5, 5.41) is 0.998. The molecule has 0 aliphatic carbocycles. The van der Waals surface area contributed by atoms with E-state index in [0.717, 1.165) is 28.3 Å². The molecule has 0 bridgehead atoms. The fourth-order valence-electron chi connectivity index (χ4n) is 4.82. The number of hydrogen-bond donors (Lipinski definition) is 0. The maximum atomic E-state index is 13.9. The summed E-state index contributed by atoms with van der Waals surface area (Å²) in [4.78, 5) is 15.6. The van der Waals surface area contributed by atoms with Gasteiger partial charge in [-0.1, -0.05) is 72.3 Å². The molecule has 0 fully saturated rings. The van der Waals surface area contributed by atoms with Crippen molar-refractivity contribution in [3.63, 3.8) is 0 Å². The topological polar surface area (TPSA) is 57.7 Å². The number of alkyl halides is 3. The first-order chi connectivity index (χ1) is 20.7. The van der Waals surface area contributed by atoms with Crippen LogP contribution in [0.4, 0.5) is 13.2 Å². The fourth-order valence-corrected chi connectivity index (χ4v) is 4.94. The van der Waals surface area contributed by atoms with Gasteiger partial charge in [-0.15, -0.1) is 0 Å². The van der Waals surface area contributed by atoms with E-state index in [2.05, 4.69) is 9.72 Å². The quantitative estimate of drug-likeness (QED) is 0.150. The number of methoxy groups -OCH3 is 1. The van der Waals surface area contributed by atoms with Crippen molar-refractivity contribution in [1.82, 2.24) is 4.98 Å². The van der Waals surface area contributed by atoms with Crippen molar-refractivity contribution in [2.24, 2.45) is 0 Å². The molecule has 0 saturated heterocycles. The van der Waals surface area contributed by atoms with Gasteiger partial charge in [0.15, 0.2) is 0 Å². The monoisotopic (exact) mass is 605 g/mol. The van der Waals surface area contributed by atoms with Crippen LogP contribution in [0.5, 0.6) is 5.75 Å². The molecule has 0 radical (unpaired) electrons. The van der Waals surface area contributed by atoms with Crippen molar-refractivity contribution < 1.29 is 32.2 Å². The molecule has 5 nitrogen and oxygen atoms in total. The van der Waals surface area contributed by atoms with E-state index in [1.165, 1.54) is 19.4 Å². The molecular formula is C34H27ClF3NO4. The number of rotatable bonds is 10. The maximum absolute atomic E-state index is 13.9. The van der Waals surface area contributed by atoms with Crippen LogP contribution in [0.15, 0.2) is 97.2 Å².